The van der Waals surface area contributed by atoms with E-state index in [2.05, 4.69) is 4.90 Å². The molecule has 0 saturated carbocycles. The van der Waals surface area contributed by atoms with Gasteiger partial charge in [0, 0.05) is 31.8 Å². The maximum Gasteiger partial charge on any atom is 0.332 e. The van der Waals surface area contributed by atoms with Crippen LogP contribution in [0.5, 0.6) is 0 Å². The number of halogens is 2. The zero-order valence-corrected chi connectivity index (χ0v) is 18.1. The fourth-order valence-corrected chi connectivity index (χ4v) is 5.10. The van der Waals surface area contributed by atoms with Gasteiger partial charge in [-0.25, -0.2) is 9.18 Å². The molecule has 160 valence electrons. The predicted molar refractivity (Wildman–Crippen MR) is 113 cm³/mol. The van der Waals surface area contributed by atoms with E-state index in [1.165, 1.54) is 11.0 Å². The first-order valence-corrected chi connectivity index (χ1v) is 10.9. The van der Waals surface area contributed by atoms with E-state index in [1.54, 1.807) is 18.2 Å². The van der Waals surface area contributed by atoms with E-state index in [9.17, 15) is 14.7 Å². The maximum atomic E-state index is 15.1. The van der Waals surface area contributed by atoms with Gasteiger partial charge >= 0.3 is 5.97 Å². The topological polar surface area (TPSA) is 70.1 Å². The molecular weight excluding hydrogens is 431 g/mol. The van der Waals surface area contributed by atoms with Gasteiger partial charge in [-0.1, -0.05) is 11.6 Å². The van der Waals surface area contributed by atoms with Crippen LogP contribution in [-0.4, -0.2) is 60.8 Å². The molecular formula is C21H22ClFN2O4S. The number of hydrogen-bond donors (Lipinski definition) is 1. The summed E-state index contributed by atoms with van der Waals surface area (Å²) in [5.74, 6) is -2.12. The first kappa shape index (κ1) is 21.2. The van der Waals surface area contributed by atoms with Crippen molar-refractivity contribution in [1.82, 2.24) is 4.90 Å². The average Bonchev–Trinajstić information content (AvgIpc) is 3.31. The lowest BCUT2D eigenvalue weighted by Gasteiger charge is -2.37. The predicted octanol–water partition coefficient (Wildman–Crippen LogP) is 3.46. The largest absolute Gasteiger partial charge is 0.479 e. The molecule has 1 saturated heterocycles. The lowest BCUT2D eigenvalue weighted by atomic mass is 9.93. The third-order valence-corrected chi connectivity index (χ3v) is 7.07. The minimum Gasteiger partial charge on any atom is -0.479 e. The number of rotatable bonds is 4. The van der Waals surface area contributed by atoms with Crippen LogP contribution in [0.15, 0.2) is 24.3 Å². The highest BCUT2D eigenvalue weighted by Crippen LogP contribution is 2.37. The van der Waals surface area contributed by atoms with E-state index < -0.39 is 23.2 Å². The molecule has 1 aromatic carbocycles. The second-order valence-electron chi connectivity index (χ2n) is 7.75. The Labute approximate surface area is 182 Å². The summed E-state index contributed by atoms with van der Waals surface area (Å²) in [7, 11) is 1.98. The molecule has 6 nitrogen and oxygen atoms in total. The van der Waals surface area contributed by atoms with Crippen molar-refractivity contribution in [3.8, 4) is 0 Å². The van der Waals surface area contributed by atoms with Gasteiger partial charge in [0.05, 0.1) is 15.8 Å². The number of amides is 1. The molecule has 3 heterocycles. The van der Waals surface area contributed by atoms with Gasteiger partial charge in [-0.05, 0) is 55.3 Å². The van der Waals surface area contributed by atoms with Gasteiger partial charge in [-0.15, -0.1) is 11.3 Å². The first-order valence-electron chi connectivity index (χ1n) is 9.73. The van der Waals surface area contributed by atoms with Gasteiger partial charge in [0.2, 0.25) is 0 Å². The van der Waals surface area contributed by atoms with Crippen molar-refractivity contribution in [2.24, 2.45) is 0 Å². The van der Waals surface area contributed by atoms with Gasteiger partial charge < -0.3 is 14.7 Å². The molecule has 1 aromatic heterocycles. The highest BCUT2D eigenvalue weighted by Gasteiger charge is 2.51. The molecule has 1 N–H and O–H groups in total. The van der Waals surface area contributed by atoms with Crippen molar-refractivity contribution < 1.29 is 23.8 Å². The van der Waals surface area contributed by atoms with E-state index >= 15 is 4.39 Å². The number of fused-ring (bicyclic) bond motifs is 1. The summed E-state index contributed by atoms with van der Waals surface area (Å²) in [4.78, 5) is 29.5. The molecule has 2 aliphatic heterocycles. The Morgan fingerprint density at radius 2 is 2.07 bits per heavy atom. The van der Waals surface area contributed by atoms with Crippen LogP contribution < -0.4 is 4.90 Å². The Kier molecular flexibility index (Phi) is 5.85. The second kappa shape index (κ2) is 8.26. The van der Waals surface area contributed by atoms with Crippen LogP contribution in [0, 0.1) is 5.82 Å². The first-order chi connectivity index (χ1) is 14.3. The molecule has 9 heteroatoms. The number of benzene rings is 1. The van der Waals surface area contributed by atoms with Crippen molar-refractivity contribution in [1.29, 1.82) is 0 Å². The Morgan fingerprint density at radius 3 is 2.70 bits per heavy atom. The minimum absolute atomic E-state index is 0.120. The van der Waals surface area contributed by atoms with Crippen LogP contribution in [0.1, 0.15) is 27.2 Å². The summed E-state index contributed by atoms with van der Waals surface area (Å²) in [5.41, 5.74) is 0.0613. The number of carboxylic acids is 1. The lowest BCUT2D eigenvalue weighted by molar-refractivity contribution is -0.143. The average molecular weight is 453 g/mol. The fraction of sp³-hybridized carbons (Fsp3) is 0.429. The molecule has 2 aliphatic rings. The molecule has 0 aliphatic carbocycles. The number of hydrogen-bond acceptors (Lipinski definition) is 5. The molecule has 2 aromatic rings. The Hall–Kier alpha value is -2.00. The second-order valence-corrected chi connectivity index (χ2v) is 9.47. The molecule has 0 unspecified atom stereocenters. The zero-order chi connectivity index (χ0) is 21.5. The van der Waals surface area contributed by atoms with Crippen molar-refractivity contribution in [2.45, 2.75) is 24.8 Å². The standard InChI is InChI=1S/C21H22ClFN2O4S/c1-24-7-4-13-10-14(11-16(23)15(13)5-8-24)25(19(26)17-2-3-18(22)30-17)21(20(27)28)6-9-29-12-21/h2-3,10-11H,4-9,12H2,1H3,(H,27,28)/t21-/m1/s1. The summed E-state index contributed by atoms with van der Waals surface area (Å²) in [5, 5.41) is 10.1. The molecule has 1 fully saturated rings. The molecule has 30 heavy (non-hydrogen) atoms. The van der Waals surface area contributed by atoms with Gasteiger partial charge in [0.15, 0.2) is 5.54 Å². The van der Waals surface area contributed by atoms with Gasteiger partial charge in [0.25, 0.3) is 5.91 Å². The number of anilines is 1. The normalized spacial score (nSPS) is 21.8. The van der Waals surface area contributed by atoms with Gasteiger partial charge in [-0.2, -0.15) is 0 Å². The number of carboxylic acid groups (broad SMARTS) is 1. The molecule has 1 amide bonds. The number of carbonyl (C=O) groups is 2. The third-order valence-electron chi connectivity index (χ3n) is 5.85. The van der Waals surface area contributed by atoms with Crippen LogP contribution in [0.3, 0.4) is 0 Å². The minimum atomic E-state index is -1.60. The van der Waals surface area contributed by atoms with Gasteiger partial charge in [0.1, 0.15) is 5.82 Å². The molecule has 4 rings (SSSR count). The van der Waals surface area contributed by atoms with Gasteiger partial charge in [-0.3, -0.25) is 9.69 Å². The summed E-state index contributed by atoms with van der Waals surface area (Å²) in [6.45, 7) is 1.55. The highest BCUT2D eigenvalue weighted by molar-refractivity contribution is 7.18. The maximum absolute atomic E-state index is 15.1. The van der Waals surface area contributed by atoms with Crippen LogP contribution in [0.25, 0.3) is 0 Å². The quantitative estimate of drug-likeness (QED) is 0.769. The number of likely N-dealkylation sites (N-methyl/N-ethyl adjacent to an activating group) is 1. The van der Waals surface area contributed by atoms with Crippen molar-refractivity contribution in [2.75, 3.05) is 38.3 Å². The summed E-state index contributed by atoms with van der Waals surface area (Å²) in [6, 6.07) is 6.18. The number of thiophene rings is 1. The van der Waals surface area contributed by atoms with Crippen LogP contribution in [0.4, 0.5) is 10.1 Å². The third kappa shape index (κ3) is 3.73. The number of carbonyl (C=O) groups excluding carboxylic acids is 1. The molecule has 0 spiro atoms. The summed E-state index contributed by atoms with van der Waals surface area (Å²) < 4.78 is 20.9. The molecule has 1 atom stereocenters. The molecule has 0 bridgehead atoms. The van der Waals surface area contributed by atoms with E-state index in [4.69, 9.17) is 16.3 Å². The van der Waals surface area contributed by atoms with Crippen molar-refractivity contribution >= 4 is 40.5 Å². The smallest absolute Gasteiger partial charge is 0.332 e. The lowest BCUT2D eigenvalue weighted by Crippen LogP contribution is -2.58. The summed E-state index contributed by atoms with van der Waals surface area (Å²) in [6.07, 6.45) is 1.31. The SMILES string of the molecule is CN1CCc2cc(N(C(=O)c3ccc(Cl)s3)[C@]3(C(=O)O)CCOC3)cc(F)c2CC1. The Balaban J connectivity index is 1.85. The fourth-order valence-electron chi connectivity index (χ4n) is 4.13. The van der Waals surface area contributed by atoms with E-state index in [-0.39, 0.29) is 25.3 Å². The number of nitrogens with zero attached hydrogens (tertiary/aromatic N) is 2. The van der Waals surface area contributed by atoms with Crippen molar-refractivity contribution in [3.63, 3.8) is 0 Å². The monoisotopic (exact) mass is 452 g/mol. The van der Waals surface area contributed by atoms with Crippen LogP contribution in [-0.2, 0) is 22.4 Å². The molecule has 0 radical (unpaired) electrons. The van der Waals surface area contributed by atoms with Crippen LogP contribution in [0.2, 0.25) is 4.34 Å². The number of aliphatic carboxylic acids is 1. The van der Waals surface area contributed by atoms with E-state index in [1.807, 2.05) is 7.05 Å². The Bertz CT molecular complexity index is 989. The van der Waals surface area contributed by atoms with E-state index in [0.29, 0.717) is 27.6 Å². The zero-order valence-electron chi connectivity index (χ0n) is 16.5. The highest BCUT2D eigenvalue weighted by atomic mass is 35.5. The van der Waals surface area contributed by atoms with Crippen molar-refractivity contribution in [3.05, 3.63) is 50.4 Å². The summed E-state index contributed by atoms with van der Waals surface area (Å²) >= 11 is 7.07. The van der Waals surface area contributed by atoms with E-state index in [0.717, 1.165) is 30.0 Å². The van der Waals surface area contributed by atoms with Crippen LogP contribution >= 0.6 is 22.9 Å². The Morgan fingerprint density at radius 1 is 1.30 bits per heavy atom. The number of ether oxygens (including phenoxy) is 1.